The Balaban J connectivity index is 2.60. The van der Waals surface area contributed by atoms with E-state index in [0.717, 1.165) is 7.11 Å². The number of phenols is 1. The minimum absolute atomic E-state index is 0.154. The molecular formula is C11H14N2O5. The number of nitrogen functional groups attached to an aromatic ring is 1. The van der Waals surface area contributed by atoms with Crippen molar-refractivity contribution in [3.05, 3.63) is 23.8 Å². The number of hydrogen-bond acceptors (Lipinski definition) is 6. The third-order valence-electron chi connectivity index (χ3n) is 2.22. The van der Waals surface area contributed by atoms with Gasteiger partial charge in [-0.25, -0.2) is 4.79 Å². The number of aromatic hydroxyl groups is 1. The molecule has 1 amide bonds. The zero-order valence-corrected chi connectivity index (χ0v) is 9.71. The first kappa shape index (κ1) is 13.8. The molecule has 7 nitrogen and oxygen atoms in total. The largest absolute Gasteiger partial charge is 0.506 e. The second-order valence-corrected chi connectivity index (χ2v) is 3.52. The van der Waals surface area contributed by atoms with Crippen LogP contribution in [0.1, 0.15) is 10.4 Å². The molecular weight excluding hydrogens is 240 g/mol. The van der Waals surface area contributed by atoms with Crippen molar-refractivity contribution >= 4 is 17.6 Å². The van der Waals surface area contributed by atoms with Crippen LogP contribution in [0.2, 0.25) is 0 Å². The lowest BCUT2D eigenvalue weighted by Gasteiger charge is -2.10. The van der Waals surface area contributed by atoms with E-state index in [1.54, 1.807) is 0 Å². The number of nitrogens with two attached hydrogens (primary N) is 1. The fourth-order valence-corrected chi connectivity index (χ4v) is 1.20. The number of methoxy groups -OCH3 is 1. The second kappa shape index (κ2) is 5.87. The fraction of sp³-hybridized carbons (Fsp3) is 0.273. The summed E-state index contributed by atoms with van der Waals surface area (Å²) in [6.07, 6.45) is -1.43. The molecule has 5 N–H and O–H groups in total. The van der Waals surface area contributed by atoms with Crippen LogP contribution in [0.15, 0.2) is 18.2 Å². The minimum Gasteiger partial charge on any atom is -0.506 e. The Morgan fingerprint density at radius 1 is 1.50 bits per heavy atom. The van der Waals surface area contributed by atoms with Crippen molar-refractivity contribution in [2.24, 2.45) is 0 Å². The number of aliphatic hydroxyl groups excluding tert-OH is 1. The topological polar surface area (TPSA) is 122 Å². The average Bonchev–Trinajstić information content (AvgIpc) is 2.37. The first-order chi connectivity index (χ1) is 8.45. The Labute approximate surface area is 103 Å². The van der Waals surface area contributed by atoms with Gasteiger partial charge in [0.2, 0.25) is 0 Å². The van der Waals surface area contributed by atoms with Gasteiger partial charge in [0.15, 0.2) is 6.10 Å². The third-order valence-corrected chi connectivity index (χ3v) is 2.22. The highest BCUT2D eigenvalue weighted by Crippen LogP contribution is 2.20. The molecule has 0 fully saturated rings. The predicted molar refractivity (Wildman–Crippen MR) is 62.9 cm³/mol. The zero-order chi connectivity index (χ0) is 13.7. The van der Waals surface area contributed by atoms with Gasteiger partial charge in [-0.1, -0.05) is 0 Å². The fourth-order valence-electron chi connectivity index (χ4n) is 1.20. The molecule has 0 saturated heterocycles. The highest BCUT2D eigenvalue weighted by Gasteiger charge is 2.17. The van der Waals surface area contributed by atoms with Crippen molar-refractivity contribution in [1.29, 1.82) is 0 Å². The van der Waals surface area contributed by atoms with Gasteiger partial charge in [0, 0.05) is 5.56 Å². The number of carbonyl (C=O) groups is 2. The molecule has 0 radical (unpaired) electrons. The van der Waals surface area contributed by atoms with Gasteiger partial charge in [0.1, 0.15) is 5.75 Å². The van der Waals surface area contributed by atoms with E-state index in [1.807, 2.05) is 0 Å². The number of nitrogens with one attached hydrogen (secondary N) is 1. The van der Waals surface area contributed by atoms with Gasteiger partial charge < -0.3 is 26.0 Å². The second-order valence-electron chi connectivity index (χ2n) is 3.52. The Morgan fingerprint density at radius 3 is 2.72 bits per heavy atom. The van der Waals surface area contributed by atoms with Crippen LogP contribution in [0.3, 0.4) is 0 Å². The summed E-state index contributed by atoms with van der Waals surface area (Å²) in [6.45, 7) is -0.281. The van der Waals surface area contributed by atoms with Crippen molar-refractivity contribution in [2.45, 2.75) is 6.10 Å². The SMILES string of the molecule is COC(=O)C(O)CNC(=O)c1ccc(N)c(O)c1. The van der Waals surface area contributed by atoms with E-state index in [0.29, 0.717) is 0 Å². The molecule has 7 heteroatoms. The smallest absolute Gasteiger partial charge is 0.336 e. The molecule has 0 aliphatic carbocycles. The Kier molecular flexibility index (Phi) is 4.50. The van der Waals surface area contributed by atoms with Gasteiger partial charge in [-0.2, -0.15) is 0 Å². The number of rotatable bonds is 4. The predicted octanol–water partition coefficient (Wildman–Crippen LogP) is -0.762. The molecule has 0 heterocycles. The van der Waals surface area contributed by atoms with Crippen molar-refractivity contribution in [3.8, 4) is 5.75 Å². The van der Waals surface area contributed by atoms with Crippen LogP contribution in [0, 0.1) is 0 Å². The standard InChI is InChI=1S/C11H14N2O5/c1-18-11(17)9(15)5-13-10(16)6-2-3-7(12)8(14)4-6/h2-4,9,14-15H,5,12H2,1H3,(H,13,16). The van der Waals surface area contributed by atoms with Gasteiger partial charge in [0.05, 0.1) is 19.3 Å². The maximum absolute atomic E-state index is 11.6. The highest BCUT2D eigenvalue weighted by atomic mass is 16.5. The number of hydrogen-bond donors (Lipinski definition) is 4. The third kappa shape index (κ3) is 3.36. The van der Waals surface area contributed by atoms with Crippen LogP contribution in [0.4, 0.5) is 5.69 Å². The molecule has 18 heavy (non-hydrogen) atoms. The Bertz CT molecular complexity index is 461. The number of anilines is 1. The summed E-state index contributed by atoms with van der Waals surface area (Å²) < 4.78 is 4.29. The quantitative estimate of drug-likeness (QED) is 0.318. The molecule has 1 aromatic carbocycles. The first-order valence-electron chi connectivity index (χ1n) is 5.08. The van der Waals surface area contributed by atoms with E-state index in [4.69, 9.17) is 5.73 Å². The highest BCUT2D eigenvalue weighted by molar-refractivity contribution is 5.95. The lowest BCUT2D eigenvalue weighted by atomic mass is 10.1. The lowest BCUT2D eigenvalue weighted by Crippen LogP contribution is -2.37. The maximum Gasteiger partial charge on any atom is 0.336 e. The number of phenolic OH excluding ortho intramolecular Hbond substituents is 1. The molecule has 1 aromatic rings. The summed E-state index contributed by atoms with van der Waals surface area (Å²) in [6, 6.07) is 3.98. The van der Waals surface area contributed by atoms with E-state index in [1.165, 1.54) is 18.2 Å². The van der Waals surface area contributed by atoms with Gasteiger partial charge in [-0.3, -0.25) is 4.79 Å². The summed E-state index contributed by atoms with van der Waals surface area (Å²) in [7, 11) is 1.13. The van der Waals surface area contributed by atoms with Crippen LogP contribution >= 0.6 is 0 Å². The minimum atomic E-state index is -1.43. The number of amides is 1. The van der Waals surface area contributed by atoms with Gasteiger partial charge in [0.25, 0.3) is 5.91 Å². The zero-order valence-electron chi connectivity index (χ0n) is 9.71. The van der Waals surface area contributed by atoms with Crippen LogP contribution in [-0.2, 0) is 9.53 Å². The van der Waals surface area contributed by atoms with Crippen molar-refractivity contribution in [1.82, 2.24) is 5.32 Å². The maximum atomic E-state index is 11.6. The molecule has 1 rings (SSSR count). The van der Waals surface area contributed by atoms with E-state index < -0.39 is 18.0 Å². The number of aliphatic hydroxyl groups is 1. The first-order valence-corrected chi connectivity index (χ1v) is 5.08. The van der Waals surface area contributed by atoms with E-state index in [2.05, 4.69) is 10.1 Å². The van der Waals surface area contributed by atoms with Gasteiger partial charge in [-0.15, -0.1) is 0 Å². The molecule has 1 atom stereocenters. The molecule has 0 bridgehead atoms. The van der Waals surface area contributed by atoms with E-state index >= 15 is 0 Å². The monoisotopic (exact) mass is 254 g/mol. The lowest BCUT2D eigenvalue weighted by molar-refractivity contribution is -0.149. The van der Waals surface area contributed by atoms with Crippen LogP contribution in [-0.4, -0.2) is 41.8 Å². The Hall–Kier alpha value is -2.28. The van der Waals surface area contributed by atoms with Crippen molar-refractivity contribution in [2.75, 3.05) is 19.4 Å². The van der Waals surface area contributed by atoms with Crippen LogP contribution in [0.25, 0.3) is 0 Å². The molecule has 1 unspecified atom stereocenters. The summed E-state index contributed by atoms with van der Waals surface area (Å²) in [4.78, 5) is 22.5. The molecule has 0 aromatic heterocycles. The molecule has 0 aliphatic heterocycles. The van der Waals surface area contributed by atoms with Crippen LogP contribution < -0.4 is 11.1 Å². The summed E-state index contributed by atoms with van der Waals surface area (Å²) in [5.41, 5.74) is 5.71. The summed E-state index contributed by atoms with van der Waals surface area (Å²) in [5.74, 6) is -1.60. The normalized spacial score (nSPS) is 11.7. The number of benzene rings is 1. The summed E-state index contributed by atoms with van der Waals surface area (Å²) >= 11 is 0. The van der Waals surface area contributed by atoms with E-state index in [9.17, 15) is 19.8 Å². The summed E-state index contributed by atoms with van der Waals surface area (Å²) in [5, 5.41) is 20.9. The van der Waals surface area contributed by atoms with E-state index in [-0.39, 0.29) is 23.5 Å². The van der Waals surface area contributed by atoms with Crippen LogP contribution in [0.5, 0.6) is 5.75 Å². The van der Waals surface area contributed by atoms with Gasteiger partial charge in [-0.05, 0) is 18.2 Å². The van der Waals surface area contributed by atoms with Crippen molar-refractivity contribution < 1.29 is 24.5 Å². The number of ether oxygens (including phenoxy) is 1. The molecule has 0 saturated carbocycles. The molecule has 0 aliphatic rings. The Morgan fingerprint density at radius 2 is 2.17 bits per heavy atom. The average molecular weight is 254 g/mol. The van der Waals surface area contributed by atoms with Gasteiger partial charge >= 0.3 is 5.97 Å². The number of carbonyl (C=O) groups excluding carboxylic acids is 2. The van der Waals surface area contributed by atoms with Crippen molar-refractivity contribution in [3.63, 3.8) is 0 Å². The molecule has 0 spiro atoms. The molecule has 98 valence electrons. The number of esters is 1.